The predicted octanol–water partition coefficient (Wildman–Crippen LogP) is 1.78. The lowest BCUT2D eigenvalue weighted by Gasteiger charge is -2.14. The SMILES string of the molecule is O=C(NCCc1cc(F)cc(F)c1)C1CCCC1O. The highest BCUT2D eigenvalue weighted by molar-refractivity contribution is 5.79. The molecule has 1 aromatic carbocycles. The van der Waals surface area contributed by atoms with Crippen LogP contribution in [0.25, 0.3) is 0 Å². The molecule has 2 N–H and O–H groups in total. The molecule has 5 heteroatoms. The Morgan fingerprint density at radius 1 is 1.26 bits per heavy atom. The maximum absolute atomic E-state index is 13.0. The number of aliphatic hydroxyl groups is 1. The molecule has 1 aliphatic rings. The van der Waals surface area contributed by atoms with Gasteiger partial charge >= 0.3 is 0 Å². The van der Waals surface area contributed by atoms with Gasteiger partial charge in [-0.3, -0.25) is 4.79 Å². The summed E-state index contributed by atoms with van der Waals surface area (Å²) in [5, 5.41) is 12.3. The summed E-state index contributed by atoms with van der Waals surface area (Å²) in [5.41, 5.74) is 0.504. The van der Waals surface area contributed by atoms with Crippen LogP contribution in [0.3, 0.4) is 0 Å². The van der Waals surface area contributed by atoms with Crippen molar-refractivity contribution in [2.75, 3.05) is 6.54 Å². The van der Waals surface area contributed by atoms with Crippen LogP contribution in [0.1, 0.15) is 24.8 Å². The Bertz CT molecular complexity index is 445. The fourth-order valence-corrected chi connectivity index (χ4v) is 2.46. The van der Waals surface area contributed by atoms with Crippen LogP contribution in [0, 0.1) is 17.6 Å². The quantitative estimate of drug-likeness (QED) is 0.875. The molecule has 0 radical (unpaired) electrons. The number of carbonyl (C=O) groups is 1. The van der Waals surface area contributed by atoms with E-state index in [2.05, 4.69) is 5.32 Å². The van der Waals surface area contributed by atoms with E-state index in [1.807, 2.05) is 0 Å². The molecule has 0 aromatic heterocycles. The Hall–Kier alpha value is -1.49. The van der Waals surface area contributed by atoms with Crippen molar-refractivity contribution in [3.8, 4) is 0 Å². The van der Waals surface area contributed by atoms with E-state index >= 15 is 0 Å². The Balaban J connectivity index is 1.81. The molecule has 1 fully saturated rings. The van der Waals surface area contributed by atoms with Crippen LogP contribution < -0.4 is 5.32 Å². The first-order valence-electron chi connectivity index (χ1n) is 6.47. The molecule has 0 bridgehead atoms. The first-order valence-corrected chi connectivity index (χ1v) is 6.47. The molecule has 2 unspecified atom stereocenters. The van der Waals surface area contributed by atoms with Gasteiger partial charge in [-0.1, -0.05) is 0 Å². The molecule has 0 heterocycles. The monoisotopic (exact) mass is 269 g/mol. The summed E-state index contributed by atoms with van der Waals surface area (Å²) in [7, 11) is 0. The van der Waals surface area contributed by atoms with Gasteiger partial charge in [0.1, 0.15) is 11.6 Å². The van der Waals surface area contributed by atoms with E-state index in [-0.39, 0.29) is 11.8 Å². The van der Waals surface area contributed by atoms with Crippen LogP contribution in [-0.2, 0) is 11.2 Å². The lowest BCUT2D eigenvalue weighted by molar-refractivity contribution is -0.127. The highest BCUT2D eigenvalue weighted by Gasteiger charge is 2.30. The molecule has 1 aliphatic carbocycles. The summed E-state index contributed by atoms with van der Waals surface area (Å²) >= 11 is 0. The summed E-state index contributed by atoms with van der Waals surface area (Å²) in [6, 6.07) is 3.32. The second-order valence-electron chi connectivity index (χ2n) is 4.92. The van der Waals surface area contributed by atoms with Gasteiger partial charge < -0.3 is 10.4 Å². The molecule has 1 aromatic rings. The predicted molar refractivity (Wildman–Crippen MR) is 66.4 cm³/mol. The molecule has 104 valence electrons. The average Bonchev–Trinajstić information content (AvgIpc) is 2.74. The molecule has 2 rings (SSSR count). The van der Waals surface area contributed by atoms with Crippen LogP contribution in [0.15, 0.2) is 18.2 Å². The Kier molecular flexibility index (Phi) is 4.47. The summed E-state index contributed by atoms with van der Waals surface area (Å²) in [4.78, 5) is 11.8. The zero-order chi connectivity index (χ0) is 13.8. The maximum Gasteiger partial charge on any atom is 0.225 e. The molecular weight excluding hydrogens is 252 g/mol. The Morgan fingerprint density at radius 3 is 2.53 bits per heavy atom. The summed E-state index contributed by atoms with van der Waals surface area (Å²) in [6.45, 7) is 0.310. The number of amides is 1. The van der Waals surface area contributed by atoms with Gasteiger partial charge in [0, 0.05) is 12.6 Å². The normalized spacial score (nSPS) is 22.5. The number of rotatable bonds is 4. The number of carbonyl (C=O) groups excluding carboxylic acids is 1. The number of hydrogen-bond donors (Lipinski definition) is 2. The van der Waals surface area contributed by atoms with E-state index < -0.39 is 17.7 Å². The van der Waals surface area contributed by atoms with Crippen LogP contribution in [-0.4, -0.2) is 23.7 Å². The fourth-order valence-electron chi connectivity index (χ4n) is 2.46. The van der Waals surface area contributed by atoms with Crippen LogP contribution in [0.5, 0.6) is 0 Å². The highest BCUT2D eigenvalue weighted by atomic mass is 19.1. The minimum atomic E-state index is -0.618. The zero-order valence-corrected chi connectivity index (χ0v) is 10.5. The van der Waals surface area contributed by atoms with Gasteiger partial charge in [-0.05, 0) is 43.4 Å². The van der Waals surface area contributed by atoms with Crippen molar-refractivity contribution in [1.82, 2.24) is 5.32 Å². The topological polar surface area (TPSA) is 49.3 Å². The standard InChI is InChI=1S/C14H17F2NO2/c15-10-6-9(7-11(16)8-10)4-5-17-14(19)12-2-1-3-13(12)18/h6-8,12-13,18H,1-5H2,(H,17,19). The highest BCUT2D eigenvalue weighted by Crippen LogP contribution is 2.25. The van der Waals surface area contributed by atoms with Crippen molar-refractivity contribution in [2.45, 2.75) is 31.8 Å². The summed E-state index contributed by atoms with van der Waals surface area (Å²) in [6.07, 6.45) is 2.01. The summed E-state index contributed by atoms with van der Waals surface area (Å²) < 4.78 is 25.9. The van der Waals surface area contributed by atoms with Gasteiger partial charge in [0.2, 0.25) is 5.91 Å². The van der Waals surface area contributed by atoms with Crippen LogP contribution in [0.4, 0.5) is 8.78 Å². The minimum Gasteiger partial charge on any atom is -0.392 e. The van der Waals surface area contributed by atoms with Crippen LogP contribution >= 0.6 is 0 Å². The first-order chi connectivity index (χ1) is 9.06. The number of aliphatic hydroxyl groups excluding tert-OH is 1. The minimum absolute atomic E-state index is 0.179. The molecule has 2 atom stereocenters. The first kappa shape index (κ1) is 13.9. The van der Waals surface area contributed by atoms with Gasteiger partial charge in [0.25, 0.3) is 0 Å². The lowest BCUT2D eigenvalue weighted by atomic mass is 10.1. The van der Waals surface area contributed by atoms with E-state index in [0.29, 0.717) is 31.4 Å². The van der Waals surface area contributed by atoms with Crippen molar-refractivity contribution in [2.24, 2.45) is 5.92 Å². The summed E-state index contributed by atoms with van der Waals surface area (Å²) in [5.74, 6) is -1.76. The molecule has 0 spiro atoms. The Morgan fingerprint density at radius 2 is 1.95 bits per heavy atom. The fraction of sp³-hybridized carbons (Fsp3) is 0.500. The van der Waals surface area contributed by atoms with Gasteiger partial charge in [0.15, 0.2) is 0 Å². The van der Waals surface area contributed by atoms with E-state index in [1.165, 1.54) is 12.1 Å². The third-order valence-corrected chi connectivity index (χ3v) is 3.45. The third kappa shape index (κ3) is 3.73. The smallest absolute Gasteiger partial charge is 0.225 e. The van der Waals surface area contributed by atoms with Crippen molar-refractivity contribution in [1.29, 1.82) is 0 Å². The second kappa shape index (κ2) is 6.10. The second-order valence-corrected chi connectivity index (χ2v) is 4.92. The van der Waals surface area contributed by atoms with E-state index in [4.69, 9.17) is 0 Å². The van der Waals surface area contributed by atoms with E-state index in [1.54, 1.807) is 0 Å². The van der Waals surface area contributed by atoms with E-state index in [9.17, 15) is 18.7 Å². The average molecular weight is 269 g/mol. The van der Waals surface area contributed by atoms with Crippen LogP contribution in [0.2, 0.25) is 0 Å². The van der Waals surface area contributed by atoms with Crippen molar-refractivity contribution < 1.29 is 18.7 Å². The van der Waals surface area contributed by atoms with Gasteiger partial charge in [0.05, 0.1) is 12.0 Å². The number of hydrogen-bond acceptors (Lipinski definition) is 2. The molecular formula is C14H17F2NO2. The molecule has 0 aliphatic heterocycles. The van der Waals surface area contributed by atoms with Crippen molar-refractivity contribution in [3.05, 3.63) is 35.4 Å². The van der Waals surface area contributed by atoms with E-state index in [0.717, 1.165) is 12.5 Å². The van der Waals surface area contributed by atoms with Crippen molar-refractivity contribution in [3.63, 3.8) is 0 Å². The van der Waals surface area contributed by atoms with Gasteiger partial charge in [-0.2, -0.15) is 0 Å². The Labute approximate surface area is 110 Å². The molecule has 1 amide bonds. The third-order valence-electron chi connectivity index (χ3n) is 3.45. The van der Waals surface area contributed by atoms with Gasteiger partial charge in [-0.15, -0.1) is 0 Å². The maximum atomic E-state index is 13.0. The molecule has 1 saturated carbocycles. The molecule has 19 heavy (non-hydrogen) atoms. The number of nitrogens with one attached hydrogen (secondary N) is 1. The molecule has 0 saturated heterocycles. The van der Waals surface area contributed by atoms with Gasteiger partial charge in [-0.25, -0.2) is 8.78 Å². The number of benzene rings is 1. The van der Waals surface area contributed by atoms with Crippen molar-refractivity contribution >= 4 is 5.91 Å². The number of halogens is 2. The zero-order valence-electron chi connectivity index (χ0n) is 10.5. The largest absolute Gasteiger partial charge is 0.392 e. The molecule has 3 nitrogen and oxygen atoms in total. The lowest BCUT2D eigenvalue weighted by Crippen LogP contribution is -2.35.